The first-order chi connectivity index (χ1) is 7.83. The zero-order valence-electron chi connectivity index (χ0n) is 9.65. The number of ether oxygens (including phenoxy) is 2. The average Bonchev–Trinajstić information content (AvgIpc) is 3.06. The van der Waals surface area contributed by atoms with Crippen molar-refractivity contribution in [1.82, 2.24) is 0 Å². The van der Waals surface area contributed by atoms with Crippen LogP contribution in [-0.4, -0.2) is 25.8 Å². The fourth-order valence-electron chi connectivity index (χ4n) is 1.05. The molecule has 0 heterocycles. The van der Waals surface area contributed by atoms with E-state index in [9.17, 15) is 4.79 Å². The number of carbonyl (C=O) groups is 1. The van der Waals surface area contributed by atoms with Crippen LogP contribution in [0.5, 0.6) is 0 Å². The fraction of sp³-hybridized carbons (Fsp3) is 0.462. The highest BCUT2D eigenvalue weighted by Crippen LogP contribution is 2.26. The molecule has 0 radical (unpaired) electrons. The number of esters is 1. The minimum absolute atomic E-state index is 0.313. The molecule has 0 atom stereocenters. The molecule has 0 aromatic carbocycles. The second-order valence-electron chi connectivity index (χ2n) is 3.44. The molecule has 1 saturated carbocycles. The van der Waals surface area contributed by atoms with Crippen molar-refractivity contribution in [1.29, 1.82) is 0 Å². The van der Waals surface area contributed by atoms with Crippen LogP contribution in [0.2, 0.25) is 0 Å². The van der Waals surface area contributed by atoms with E-state index in [4.69, 9.17) is 9.47 Å². The van der Waals surface area contributed by atoms with Crippen LogP contribution >= 0.6 is 0 Å². The molecule has 0 spiro atoms. The quantitative estimate of drug-likeness (QED) is 0.218. The van der Waals surface area contributed by atoms with Crippen LogP contribution in [-0.2, 0) is 14.3 Å². The van der Waals surface area contributed by atoms with Crippen molar-refractivity contribution in [2.45, 2.75) is 19.8 Å². The summed E-state index contributed by atoms with van der Waals surface area (Å²) >= 11 is 0. The molecule has 0 bridgehead atoms. The summed E-state index contributed by atoms with van der Waals surface area (Å²) in [6.45, 7) is 3.44. The highest BCUT2D eigenvalue weighted by atomic mass is 16.5. The topological polar surface area (TPSA) is 35.5 Å². The minimum Gasteiger partial charge on any atom is -0.463 e. The van der Waals surface area contributed by atoms with Crippen LogP contribution in [0.25, 0.3) is 0 Å². The van der Waals surface area contributed by atoms with E-state index in [0.29, 0.717) is 19.8 Å². The molecular formula is C13H18O3. The Morgan fingerprint density at radius 1 is 1.31 bits per heavy atom. The van der Waals surface area contributed by atoms with E-state index in [1.54, 1.807) is 19.1 Å². The number of allylic oxidation sites excluding steroid dienone is 3. The lowest BCUT2D eigenvalue weighted by molar-refractivity contribution is -0.137. The smallest absolute Gasteiger partial charge is 0.330 e. The van der Waals surface area contributed by atoms with E-state index >= 15 is 0 Å². The molecule has 0 aromatic rings. The van der Waals surface area contributed by atoms with E-state index in [1.807, 2.05) is 6.08 Å². The van der Waals surface area contributed by atoms with Gasteiger partial charge in [0.1, 0.15) is 0 Å². The maximum Gasteiger partial charge on any atom is 0.330 e. The van der Waals surface area contributed by atoms with Crippen molar-refractivity contribution < 1.29 is 14.3 Å². The zero-order chi connectivity index (χ0) is 11.6. The minimum atomic E-state index is -0.313. The summed E-state index contributed by atoms with van der Waals surface area (Å²) in [5, 5.41) is 0. The average molecular weight is 222 g/mol. The molecule has 1 rings (SSSR count). The first kappa shape index (κ1) is 12.7. The molecule has 3 heteroatoms. The molecule has 88 valence electrons. The first-order valence-electron chi connectivity index (χ1n) is 5.58. The standard InChI is InChI=1S/C13H18O3/c1-2-16-13(14)6-4-3-5-10-15-11-9-12-7-8-12/h3-6,9H,2,7-8,10-11H2,1H3/b5-3-,6-4+. The van der Waals surface area contributed by atoms with Gasteiger partial charge in [0, 0.05) is 6.08 Å². The summed E-state index contributed by atoms with van der Waals surface area (Å²) < 4.78 is 10.0. The maximum atomic E-state index is 10.9. The molecule has 1 fully saturated rings. The van der Waals surface area contributed by atoms with Crippen molar-refractivity contribution in [3.63, 3.8) is 0 Å². The van der Waals surface area contributed by atoms with E-state index in [0.717, 1.165) is 0 Å². The molecule has 0 aromatic heterocycles. The first-order valence-corrected chi connectivity index (χ1v) is 5.58. The molecule has 1 aliphatic carbocycles. The van der Waals surface area contributed by atoms with Crippen LogP contribution < -0.4 is 0 Å². The number of rotatable bonds is 7. The molecule has 16 heavy (non-hydrogen) atoms. The SMILES string of the molecule is CCOC(=O)/C=C/C=C\COCC=C1CC1. The van der Waals surface area contributed by atoms with Crippen molar-refractivity contribution in [3.8, 4) is 0 Å². The van der Waals surface area contributed by atoms with Gasteiger partial charge in [-0.2, -0.15) is 0 Å². The van der Waals surface area contributed by atoms with Gasteiger partial charge in [0.15, 0.2) is 0 Å². The normalized spacial score (nSPS) is 14.7. The summed E-state index contributed by atoms with van der Waals surface area (Å²) in [5.74, 6) is -0.313. The molecule has 0 saturated heterocycles. The largest absolute Gasteiger partial charge is 0.463 e. The van der Waals surface area contributed by atoms with E-state index in [2.05, 4.69) is 6.08 Å². The van der Waals surface area contributed by atoms with Gasteiger partial charge in [-0.05, 0) is 19.8 Å². The maximum absolute atomic E-state index is 10.9. The summed E-state index contributed by atoms with van der Waals surface area (Å²) in [5.41, 5.74) is 1.49. The zero-order valence-corrected chi connectivity index (χ0v) is 9.65. The Morgan fingerprint density at radius 2 is 2.12 bits per heavy atom. The second-order valence-corrected chi connectivity index (χ2v) is 3.44. The van der Waals surface area contributed by atoms with Gasteiger partial charge in [0.2, 0.25) is 0 Å². The van der Waals surface area contributed by atoms with Gasteiger partial charge in [0.25, 0.3) is 0 Å². The summed E-state index contributed by atoms with van der Waals surface area (Å²) in [4.78, 5) is 10.9. The highest BCUT2D eigenvalue weighted by molar-refractivity contribution is 5.82. The molecule has 0 unspecified atom stereocenters. The van der Waals surface area contributed by atoms with Crippen LogP contribution in [0.4, 0.5) is 0 Å². The van der Waals surface area contributed by atoms with Gasteiger partial charge in [-0.15, -0.1) is 0 Å². The van der Waals surface area contributed by atoms with Crippen molar-refractivity contribution in [3.05, 3.63) is 36.0 Å². The number of carbonyl (C=O) groups excluding carboxylic acids is 1. The van der Waals surface area contributed by atoms with E-state index in [-0.39, 0.29) is 5.97 Å². The van der Waals surface area contributed by atoms with Gasteiger partial charge in [-0.1, -0.05) is 29.9 Å². The van der Waals surface area contributed by atoms with Crippen molar-refractivity contribution in [2.24, 2.45) is 0 Å². The lowest BCUT2D eigenvalue weighted by Crippen LogP contribution is -1.98. The highest BCUT2D eigenvalue weighted by Gasteiger charge is 2.08. The molecule has 3 nitrogen and oxygen atoms in total. The monoisotopic (exact) mass is 222 g/mol. The van der Waals surface area contributed by atoms with E-state index < -0.39 is 0 Å². The van der Waals surface area contributed by atoms with E-state index in [1.165, 1.54) is 24.5 Å². The van der Waals surface area contributed by atoms with Crippen molar-refractivity contribution >= 4 is 5.97 Å². The van der Waals surface area contributed by atoms with Gasteiger partial charge in [-0.25, -0.2) is 4.79 Å². The predicted molar refractivity (Wildman–Crippen MR) is 63.0 cm³/mol. The van der Waals surface area contributed by atoms with Gasteiger partial charge >= 0.3 is 5.97 Å². The Bertz CT molecular complexity index is 294. The predicted octanol–water partition coefficient (Wildman–Crippen LogP) is 2.40. The Hall–Kier alpha value is -1.35. The third-order valence-electron chi connectivity index (χ3n) is 2.01. The Kier molecular flexibility index (Phi) is 6.26. The molecule has 0 amide bonds. The summed E-state index contributed by atoms with van der Waals surface area (Å²) in [7, 11) is 0. The third-order valence-corrected chi connectivity index (χ3v) is 2.01. The molecule has 0 aliphatic heterocycles. The lowest BCUT2D eigenvalue weighted by atomic mass is 10.4. The van der Waals surface area contributed by atoms with Crippen LogP contribution in [0.1, 0.15) is 19.8 Å². The number of hydrogen-bond acceptors (Lipinski definition) is 3. The summed E-state index contributed by atoms with van der Waals surface area (Å²) in [6.07, 6.45) is 11.3. The Balaban J connectivity index is 1.98. The Morgan fingerprint density at radius 3 is 2.81 bits per heavy atom. The lowest BCUT2D eigenvalue weighted by Gasteiger charge is -1.94. The van der Waals surface area contributed by atoms with Gasteiger partial charge < -0.3 is 9.47 Å². The second kappa shape index (κ2) is 7.88. The molecule has 1 aliphatic rings. The van der Waals surface area contributed by atoms with Gasteiger partial charge in [-0.3, -0.25) is 0 Å². The van der Waals surface area contributed by atoms with Gasteiger partial charge in [0.05, 0.1) is 19.8 Å². The third kappa shape index (κ3) is 7.01. The molecule has 0 N–H and O–H groups in total. The Labute approximate surface area is 96.4 Å². The molecular weight excluding hydrogens is 204 g/mol. The number of hydrogen-bond donors (Lipinski definition) is 0. The summed E-state index contributed by atoms with van der Waals surface area (Å²) in [6, 6.07) is 0. The van der Waals surface area contributed by atoms with Crippen LogP contribution in [0, 0.1) is 0 Å². The van der Waals surface area contributed by atoms with Crippen LogP contribution in [0.3, 0.4) is 0 Å². The van der Waals surface area contributed by atoms with Crippen molar-refractivity contribution in [2.75, 3.05) is 19.8 Å². The fourth-order valence-corrected chi connectivity index (χ4v) is 1.05. The van der Waals surface area contributed by atoms with Crippen LogP contribution in [0.15, 0.2) is 36.0 Å².